The van der Waals surface area contributed by atoms with Crippen LogP contribution >= 0.6 is 11.8 Å². The number of esters is 1. The first kappa shape index (κ1) is 20.0. The van der Waals surface area contributed by atoms with Crippen molar-refractivity contribution < 1.29 is 23.9 Å². The van der Waals surface area contributed by atoms with Gasteiger partial charge in [0.1, 0.15) is 12.3 Å². The molecule has 0 atom stereocenters. The van der Waals surface area contributed by atoms with Crippen molar-refractivity contribution in [1.29, 1.82) is 0 Å². The highest BCUT2D eigenvalue weighted by Crippen LogP contribution is 2.23. The van der Waals surface area contributed by atoms with E-state index in [0.717, 1.165) is 22.8 Å². The largest absolute Gasteiger partial charge is 0.497 e. The first-order valence-electron chi connectivity index (χ1n) is 8.84. The standard InChI is InChI=1S/C20H22N2O5S/c1-13-10-17(14(2)22(13)15-4-6-16(26-3)7-5-15)18(23)12-27-19(24)11-21-8-9-28-20(21)25/h4-7,10H,8-9,11-12H2,1-3H3. The number of benzene rings is 1. The van der Waals surface area contributed by atoms with E-state index in [2.05, 4.69) is 0 Å². The summed E-state index contributed by atoms with van der Waals surface area (Å²) in [6, 6.07) is 9.33. The van der Waals surface area contributed by atoms with Crippen molar-refractivity contribution in [3.63, 3.8) is 0 Å². The fourth-order valence-electron chi connectivity index (χ4n) is 3.17. The summed E-state index contributed by atoms with van der Waals surface area (Å²) in [7, 11) is 1.61. The average Bonchev–Trinajstić information content (AvgIpc) is 3.22. The van der Waals surface area contributed by atoms with Crippen LogP contribution < -0.4 is 4.74 Å². The number of thioether (sulfide) groups is 1. The van der Waals surface area contributed by atoms with E-state index in [9.17, 15) is 14.4 Å². The molecular weight excluding hydrogens is 380 g/mol. The molecule has 8 heteroatoms. The molecule has 0 N–H and O–H groups in total. The van der Waals surface area contributed by atoms with Gasteiger partial charge < -0.3 is 18.9 Å². The van der Waals surface area contributed by atoms with Crippen LogP contribution in [0.5, 0.6) is 5.75 Å². The zero-order chi connectivity index (χ0) is 20.3. The highest BCUT2D eigenvalue weighted by atomic mass is 32.2. The van der Waals surface area contributed by atoms with E-state index in [1.54, 1.807) is 13.2 Å². The Labute approximate surface area is 167 Å². The Bertz CT molecular complexity index is 904. The lowest BCUT2D eigenvalue weighted by molar-refractivity contribution is -0.142. The van der Waals surface area contributed by atoms with E-state index in [1.165, 1.54) is 16.7 Å². The molecule has 3 rings (SSSR count). The van der Waals surface area contributed by atoms with Gasteiger partial charge in [-0.2, -0.15) is 0 Å². The van der Waals surface area contributed by atoms with E-state index in [0.29, 0.717) is 17.9 Å². The number of Topliss-reactive ketones (excluding diaryl/α,β-unsaturated/α-hetero) is 1. The van der Waals surface area contributed by atoms with Crippen molar-refractivity contribution in [3.05, 3.63) is 47.3 Å². The number of ketones is 1. The van der Waals surface area contributed by atoms with Crippen LogP contribution in [0, 0.1) is 13.8 Å². The van der Waals surface area contributed by atoms with Crippen molar-refractivity contribution in [1.82, 2.24) is 9.47 Å². The number of carbonyl (C=O) groups excluding carboxylic acids is 3. The third-order valence-electron chi connectivity index (χ3n) is 4.59. The van der Waals surface area contributed by atoms with Gasteiger partial charge >= 0.3 is 5.97 Å². The maximum Gasteiger partial charge on any atom is 0.326 e. The van der Waals surface area contributed by atoms with Crippen LogP contribution in [0.15, 0.2) is 30.3 Å². The van der Waals surface area contributed by atoms with Crippen LogP contribution in [0.3, 0.4) is 0 Å². The Balaban J connectivity index is 1.67. The lowest BCUT2D eigenvalue weighted by atomic mass is 10.1. The number of carbonyl (C=O) groups is 3. The molecule has 2 heterocycles. The summed E-state index contributed by atoms with van der Waals surface area (Å²) in [5.41, 5.74) is 3.10. The Morgan fingerprint density at radius 1 is 1.18 bits per heavy atom. The number of hydrogen-bond acceptors (Lipinski definition) is 6. The van der Waals surface area contributed by atoms with Crippen molar-refractivity contribution in [3.8, 4) is 11.4 Å². The lowest BCUT2D eigenvalue weighted by Gasteiger charge is -2.13. The topological polar surface area (TPSA) is 77.8 Å². The van der Waals surface area contributed by atoms with Crippen molar-refractivity contribution in [2.75, 3.05) is 32.6 Å². The average molecular weight is 402 g/mol. The Hall–Kier alpha value is -2.74. The maximum atomic E-state index is 12.6. The van der Waals surface area contributed by atoms with E-state index in [1.807, 2.05) is 42.7 Å². The summed E-state index contributed by atoms with van der Waals surface area (Å²) in [6.07, 6.45) is 0. The summed E-state index contributed by atoms with van der Waals surface area (Å²) in [5.74, 6) is 0.573. The molecule has 148 valence electrons. The second-order valence-corrected chi connectivity index (χ2v) is 7.48. The molecule has 1 saturated heterocycles. The molecule has 1 aromatic heterocycles. The molecule has 0 unspecified atom stereocenters. The van der Waals surface area contributed by atoms with Crippen LogP contribution in [0.25, 0.3) is 5.69 Å². The number of ether oxygens (including phenoxy) is 2. The van der Waals surface area contributed by atoms with E-state index in [4.69, 9.17) is 9.47 Å². The predicted octanol–water partition coefficient (Wildman–Crippen LogP) is 3.00. The SMILES string of the molecule is COc1ccc(-n2c(C)cc(C(=O)COC(=O)CN3CCSC3=O)c2C)cc1. The first-order chi connectivity index (χ1) is 13.4. The molecule has 0 spiro atoms. The molecule has 1 amide bonds. The Kier molecular flexibility index (Phi) is 6.08. The van der Waals surface area contributed by atoms with Gasteiger partial charge in [0.2, 0.25) is 5.78 Å². The van der Waals surface area contributed by atoms with Gasteiger partial charge in [-0.3, -0.25) is 14.4 Å². The number of aromatic nitrogens is 1. The summed E-state index contributed by atoms with van der Waals surface area (Å²) in [4.78, 5) is 37.5. The number of methoxy groups -OCH3 is 1. The minimum absolute atomic E-state index is 0.121. The van der Waals surface area contributed by atoms with Gasteiger partial charge in [-0.05, 0) is 44.2 Å². The monoisotopic (exact) mass is 402 g/mol. The number of rotatable bonds is 7. The van der Waals surface area contributed by atoms with Gasteiger partial charge in [-0.1, -0.05) is 11.8 Å². The van der Waals surface area contributed by atoms with E-state index in [-0.39, 0.29) is 24.2 Å². The molecular formula is C20H22N2O5S. The summed E-state index contributed by atoms with van der Waals surface area (Å²) in [6.45, 7) is 3.82. The molecule has 1 aliphatic rings. The zero-order valence-corrected chi connectivity index (χ0v) is 16.9. The van der Waals surface area contributed by atoms with Gasteiger partial charge in [0.05, 0.1) is 7.11 Å². The molecule has 0 aliphatic carbocycles. The fraction of sp³-hybridized carbons (Fsp3) is 0.350. The van der Waals surface area contributed by atoms with Gasteiger partial charge in [0.15, 0.2) is 6.61 Å². The number of hydrogen-bond donors (Lipinski definition) is 0. The number of aryl methyl sites for hydroxylation is 1. The minimum atomic E-state index is -0.576. The predicted molar refractivity (Wildman–Crippen MR) is 107 cm³/mol. The molecule has 0 bridgehead atoms. The van der Waals surface area contributed by atoms with Gasteiger partial charge in [0, 0.05) is 34.9 Å². The highest BCUT2D eigenvalue weighted by Gasteiger charge is 2.24. The third kappa shape index (κ3) is 4.22. The third-order valence-corrected chi connectivity index (χ3v) is 5.48. The number of amides is 1. The van der Waals surface area contributed by atoms with Gasteiger partial charge in [0.25, 0.3) is 5.24 Å². The second kappa shape index (κ2) is 8.52. The zero-order valence-electron chi connectivity index (χ0n) is 16.1. The summed E-state index contributed by atoms with van der Waals surface area (Å²) >= 11 is 1.18. The van der Waals surface area contributed by atoms with Crippen LogP contribution in [0.2, 0.25) is 0 Å². The highest BCUT2D eigenvalue weighted by molar-refractivity contribution is 8.13. The molecule has 1 fully saturated rings. The molecule has 0 saturated carbocycles. The molecule has 0 radical (unpaired) electrons. The fourth-order valence-corrected chi connectivity index (χ4v) is 3.99. The summed E-state index contributed by atoms with van der Waals surface area (Å²) in [5, 5.41) is -0.133. The smallest absolute Gasteiger partial charge is 0.326 e. The van der Waals surface area contributed by atoms with Crippen LogP contribution in [-0.4, -0.2) is 59.0 Å². The normalized spacial score (nSPS) is 13.7. The molecule has 28 heavy (non-hydrogen) atoms. The minimum Gasteiger partial charge on any atom is -0.497 e. The van der Waals surface area contributed by atoms with Crippen molar-refractivity contribution >= 4 is 28.8 Å². The van der Waals surface area contributed by atoms with E-state index >= 15 is 0 Å². The Morgan fingerprint density at radius 3 is 2.50 bits per heavy atom. The molecule has 7 nitrogen and oxygen atoms in total. The second-order valence-electron chi connectivity index (χ2n) is 6.44. The van der Waals surface area contributed by atoms with Crippen molar-refractivity contribution in [2.24, 2.45) is 0 Å². The summed E-state index contributed by atoms with van der Waals surface area (Å²) < 4.78 is 12.2. The van der Waals surface area contributed by atoms with Crippen LogP contribution in [0.1, 0.15) is 21.7 Å². The van der Waals surface area contributed by atoms with Crippen LogP contribution in [-0.2, 0) is 9.53 Å². The lowest BCUT2D eigenvalue weighted by Crippen LogP contribution is -2.31. The maximum absolute atomic E-state index is 12.6. The van der Waals surface area contributed by atoms with Gasteiger partial charge in [-0.15, -0.1) is 0 Å². The number of nitrogens with zero attached hydrogens (tertiary/aromatic N) is 2. The quantitative estimate of drug-likeness (QED) is 0.523. The molecule has 2 aromatic rings. The molecule has 1 aromatic carbocycles. The van der Waals surface area contributed by atoms with Crippen molar-refractivity contribution in [2.45, 2.75) is 13.8 Å². The molecule has 1 aliphatic heterocycles. The van der Waals surface area contributed by atoms with Gasteiger partial charge in [-0.25, -0.2) is 0 Å². The Morgan fingerprint density at radius 2 is 1.89 bits per heavy atom. The first-order valence-corrected chi connectivity index (χ1v) is 9.83. The van der Waals surface area contributed by atoms with Crippen LogP contribution in [0.4, 0.5) is 4.79 Å². The van der Waals surface area contributed by atoms with E-state index < -0.39 is 5.97 Å².